The van der Waals surface area contributed by atoms with Crippen LogP contribution in [-0.4, -0.2) is 12.6 Å². The SMILES string of the molecule is CC=CC1=CC(=O)NCO1. The summed E-state index contributed by atoms with van der Waals surface area (Å²) in [6.45, 7) is 2.14. The first-order valence-corrected chi connectivity index (χ1v) is 3.08. The van der Waals surface area contributed by atoms with Crippen LogP contribution in [0.5, 0.6) is 0 Å². The van der Waals surface area contributed by atoms with Crippen LogP contribution in [0.1, 0.15) is 6.92 Å². The molecule has 3 heteroatoms. The Kier molecular flexibility index (Phi) is 2.10. The van der Waals surface area contributed by atoms with Crippen molar-refractivity contribution < 1.29 is 9.53 Å². The molecule has 0 unspecified atom stereocenters. The van der Waals surface area contributed by atoms with Gasteiger partial charge in [0, 0.05) is 6.08 Å². The molecule has 1 aliphatic rings. The fourth-order valence-corrected chi connectivity index (χ4v) is 0.673. The Morgan fingerprint density at radius 2 is 2.60 bits per heavy atom. The zero-order valence-corrected chi connectivity index (χ0v) is 5.76. The molecule has 0 aromatic carbocycles. The lowest BCUT2D eigenvalue weighted by atomic mass is 10.3. The summed E-state index contributed by atoms with van der Waals surface area (Å²) in [7, 11) is 0. The van der Waals surface area contributed by atoms with Gasteiger partial charge in [0.1, 0.15) is 5.76 Å². The van der Waals surface area contributed by atoms with Crippen molar-refractivity contribution in [3.63, 3.8) is 0 Å². The average molecular weight is 139 g/mol. The second kappa shape index (κ2) is 3.06. The largest absolute Gasteiger partial charge is 0.473 e. The number of nitrogens with one attached hydrogen (secondary N) is 1. The van der Waals surface area contributed by atoms with Crippen molar-refractivity contribution in [3.8, 4) is 0 Å². The van der Waals surface area contributed by atoms with E-state index in [0.717, 1.165) is 0 Å². The molecule has 0 aliphatic carbocycles. The molecular weight excluding hydrogens is 130 g/mol. The van der Waals surface area contributed by atoms with Gasteiger partial charge in [0.15, 0.2) is 6.73 Å². The van der Waals surface area contributed by atoms with Crippen LogP contribution in [0.25, 0.3) is 0 Å². The normalized spacial score (nSPS) is 18.1. The number of allylic oxidation sites excluding steroid dienone is 2. The van der Waals surface area contributed by atoms with Crippen molar-refractivity contribution >= 4 is 5.91 Å². The highest BCUT2D eigenvalue weighted by Crippen LogP contribution is 2.01. The summed E-state index contributed by atoms with van der Waals surface area (Å²) >= 11 is 0. The molecule has 0 atom stereocenters. The Bertz CT molecular complexity index is 194. The van der Waals surface area contributed by atoms with Crippen LogP contribution in [0, 0.1) is 0 Å². The summed E-state index contributed by atoms with van der Waals surface area (Å²) in [5.74, 6) is 0.519. The maximum atomic E-state index is 10.6. The molecule has 1 rings (SSSR count). The highest BCUT2D eigenvalue weighted by atomic mass is 16.5. The Morgan fingerprint density at radius 3 is 3.20 bits per heavy atom. The minimum Gasteiger partial charge on any atom is -0.473 e. The summed E-state index contributed by atoms with van der Waals surface area (Å²) in [4.78, 5) is 10.6. The summed E-state index contributed by atoms with van der Waals surface area (Å²) < 4.78 is 5.03. The third-order valence-electron chi connectivity index (χ3n) is 1.09. The van der Waals surface area contributed by atoms with Crippen molar-refractivity contribution in [2.24, 2.45) is 0 Å². The summed E-state index contributed by atoms with van der Waals surface area (Å²) in [6.07, 6.45) is 4.99. The standard InChI is InChI=1S/C7H9NO2/c1-2-3-6-4-7(9)8-5-10-6/h2-4H,5H2,1H3,(H,8,9). The van der Waals surface area contributed by atoms with Crippen molar-refractivity contribution in [3.05, 3.63) is 24.0 Å². The average Bonchev–Trinajstić information content (AvgIpc) is 1.88. The quantitative estimate of drug-likeness (QED) is 0.576. The number of carbonyl (C=O) groups is 1. The second-order valence-electron chi connectivity index (χ2n) is 1.88. The Labute approximate surface area is 59.4 Å². The third-order valence-corrected chi connectivity index (χ3v) is 1.09. The smallest absolute Gasteiger partial charge is 0.250 e. The second-order valence-corrected chi connectivity index (χ2v) is 1.88. The van der Waals surface area contributed by atoms with Gasteiger partial charge in [0.05, 0.1) is 0 Å². The minimum atomic E-state index is -0.0978. The predicted molar refractivity (Wildman–Crippen MR) is 37.0 cm³/mol. The van der Waals surface area contributed by atoms with Crippen molar-refractivity contribution in [2.45, 2.75) is 6.92 Å². The molecule has 0 radical (unpaired) electrons. The molecule has 3 nitrogen and oxygen atoms in total. The zero-order chi connectivity index (χ0) is 7.40. The van der Waals surface area contributed by atoms with Crippen LogP contribution in [0.3, 0.4) is 0 Å². The number of ether oxygens (including phenoxy) is 1. The zero-order valence-electron chi connectivity index (χ0n) is 5.76. The van der Waals surface area contributed by atoms with Crippen LogP contribution in [-0.2, 0) is 9.53 Å². The van der Waals surface area contributed by atoms with Gasteiger partial charge in [-0.15, -0.1) is 0 Å². The first-order chi connectivity index (χ1) is 4.83. The van der Waals surface area contributed by atoms with E-state index in [9.17, 15) is 4.79 Å². The summed E-state index contributed by atoms with van der Waals surface area (Å²) in [5.41, 5.74) is 0. The number of hydrogen-bond acceptors (Lipinski definition) is 2. The molecule has 10 heavy (non-hydrogen) atoms. The molecule has 0 bridgehead atoms. The van der Waals surface area contributed by atoms with Crippen LogP contribution in [0.15, 0.2) is 24.0 Å². The molecule has 0 aromatic heterocycles. The van der Waals surface area contributed by atoms with E-state index in [4.69, 9.17) is 4.74 Å². The van der Waals surface area contributed by atoms with Gasteiger partial charge >= 0.3 is 0 Å². The van der Waals surface area contributed by atoms with Gasteiger partial charge < -0.3 is 10.1 Å². The van der Waals surface area contributed by atoms with Gasteiger partial charge in [-0.2, -0.15) is 0 Å². The summed E-state index contributed by atoms with van der Waals surface area (Å²) in [5, 5.41) is 2.50. The highest BCUT2D eigenvalue weighted by molar-refractivity contribution is 5.88. The fourth-order valence-electron chi connectivity index (χ4n) is 0.673. The monoisotopic (exact) mass is 139 g/mol. The molecule has 54 valence electrons. The van der Waals surface area contributed by atoms with Crippen LogP contribution in [0.4, 0.5) is 0 Å². The van der Waals surface area contributed by atoms with Crippen molar-refractivity contribution in [2.75, 3.05) is 6.73 Å². The maximum absolute atomic E-state index is 10.6. The van der Waals surface area contributed by atoms with E-state index in [1.54, 1.807) is 6.08 Å². The van der Waals surface area contributed by atoms with E-state index in [0.29, 0.717) is 5.76 Å². The summed E-state index contributed by atoms with van der Waals surface area (Å²) in [6, 6.07) is 0. The van der Waals surface area contributed by atoms with E-state index in [1.165, 1.54) is 6.08 Å². The number of amides is 1. The van der Waals surface area contributed by atoms with Gasteiger partial charge in [-0.3, -0.25) is 4.79 Å². The molecule has 0 saturated carbocycles. The molecule has 0 saturated heterocycles. The van der Waals surface area contributed by atoms with Gasteiger partial charge in [0.25, 0.3) is 0 Å². The predicted octanol–water partition coefficient (Wildman–Crippen LogP) is 0.550. The lowest BCUT2D eigenvalue weighted by Gasteiger charge is -2.11. The molecule has 0 fully saturated rings. The number of hydrogen-bond donors (Lipinski definition) is 1. The van der Waals surface area contributed by atoms with E-state index in [-0.39, 0.29) is 12.6 Å². The Morgan fingerprint density at radius 1 is 1.80 bits per heavy atom. The van der Waals surface area contributed by atoms with Crippen LogP contribution in [0.2, 0.25) is 0 Å². The molecule has 1 heterocycles. The Hall–Kier alpha value is -1.25. The maximum Gasteiger partial charge on any atom is 0.250 e. The third kappa shape index (κ3) is 1.62. The van der Waals surface area contributed by atoms with Crippen molar-refractivity contribution in [1.29, 1.82) is 0 Å². The first-order valence-electron chi connectivity index (χ1n) is 3.08. The van der Waals surface area contributed by atoms with Gasteiger partial charge in [-0.1, -0.05) is 6.08 Å². The Balaban J connectivity index is 2.66. The van der Waals surface area contributed by atoms with Gasteiger partial charge in [-0.25, -0.2) is 0 Å². The molecular formula is C7H9NO2. The number of carbonyl (C=O) groups excluding carboxylic acids is 1. The van der Waals surface area contributed by atoms with E-state index >= 15 is 0 Å². The number of rotatable bonds is 1. The van der Waals surface area contributed by atoms with E-state index in [1.807, 2.05) is 13.0 Å². The molecule has 0 aromatic rings. The molecule has 1 N–H and O–H groups in total. The highest BCUT2D eigenvalue weighted by Gasteiger charge is 2.05. The van der Waals surface area contributed by atoms with Gasteiger partial charge in [0.2, 0.25) is 5.91 Å². The lowest BCUT2D eigenvalue weighted by molar-refractivity contribution is -0.119. The van der Waals surface area contributed by atoms with E-state index in [2.05, 4.69) is 5.32 Å². The molecule has 1 aliphatic heterocycles. The molecule has 0 spiro atoms. The van der Waals surface area contributed by atoms with Crippen LogP contribution >= 0.6 is 0 Å². The minimum absolute atomic E-state index is 0.0978. The lowest BCUT2D eigenvalue weighted by Crippen LogP contribution is -2.28. The van der Waals surface area contributed by atoms with E-state index < -0.39 is 0 Å². The van der Waals surface area contributed by atoms with Gasteiger partial charge in [-0.05, 0) is 13.0 Å². The van der Waals surface area contributed by atoms with Crippen LogP contribution < -0.4 is 5.32 Å². The first kappa shape index (κ1) is 6.86. The van der Waals surface area contributed by atoms with Crippen molar-refractivity contribution in [1.82, 2.24) is 5.32 Å². The fraction of sp³-hybridized carbons (Fsp3) is 0.286. The topological polar surface area (TPSA) is 38.3 Å². The molecule has 1 amide bonds.